The fourth-order valence-electron chi connectivity index (χ4n) is 4.72. The molecule has 16 heteroatoms. The number of benzene rings is 3. The molecule has 0 fully saturated rings. The van der Waals surface area contributed by atoms with Gasteiger partial charge in [0.05, 0.1) is 5.52 Å². The normalized spacial score (nSPS) is 11.8. The van der Waals surface area contributed by atoms with Gasteiger partial charge in [-0.1, -0.05) is 67.1 Å². The Morgan fingerprint density at radius 1 is 0.844 bits per heavy atom. The van der Waals surface area contributed by atoms with Crippen LogP contribution in [0.3, 0.4) is 0 Å². The van der Waals surface area contributed by atoms with Gasteiger partial charge in [-0.05, 0) is 42.7 Å². The van der Waals surface area contributed by atoms with Gasteiger partial charge in [-0.25, -0.2) is 30.4 Å². The summed E-state index contributed by atoms with van der Waals surface area (Å²) in [4.78, 5) is 25.6. The molecule has 0 saturated carbocycles. The van der Waals surface area contributed by atoms with E-state index in [1.807, 2.05) is 30.3 Å². The summed E-state index contributed by atoms with van der Waals surface area (Å²) in [5.41, 5.74) is 12.2. The molecule has 0 unspecified atom stereocenters. The first-order valence-electron chi connectivity index (χ1n) is 13.5. The molecule has 0 radical (unpaired) electrons. The Bertz CT molecular complexity index is 2100. The first kappa shape index (κ1) is 34.0. The van der Waals surface area contributed by atoms with E-state index in [0.29, 0.717) is 33.2 Å². The van der Waals surface area contributed by atoms with E-state index in [2.05, 4.69) is 14.4 Å². The molecule has 0 atom stereocenters. The van der Waals surface area contributed by atoms with Crippen LogP contribution in [0.5, 0.6) is 0 Å². The number of aromatic amines is 1. The summed E-state index contributed by atoms with van der Waals surface area (Å²) < 4.78 is 55.8. The Balaban J connectivity index is 0.000000215. The van der Waals surface area contributed by atoms with Crippen LogP contribution in [0.15, 0.2) is 82.6 Å². The predicted molar refractivity (Wildman–Crippen MR) is 174 cm³/mol. The zero-order chi connectivity index (χ0) is 32.9. The lowest BCUT2D eigenvalue weighted by Crippen LogP contribution is -2.27. The highest BCUT2D eigenvalue weighted by Crippen LogP contribution is 2.31. The second kappa shape index (κ2) is 14.0. The molecular formula is C29H30Cl2N6O6S2. The number of nitrogens with two attached hydrogens (primary N) is 2. The van der Waals surface area contributed by atoms with Gasteiger partial charge < -0.3 is 16.5 Å². The first-order valence-corrected chi connectivity index (χ1v) is 17.2. The highest BCUT2D eigenvalue weighted by molar-refractivity contribution is 7.90. The summed E-state index contributed by atoms with van der Waals surface area (Å²) >= 11 is 12.0. The summed E-state index contributed by atoms with van der Waals surface area (Å²) in [5, 5.41) is 1.06. The standard InChI is InChI=1S/C18H18ClN3O3S.C11H12ClN3O3S/c19-13-8-9-15-14(11-13)17(16(22-15)18(20)23)26(24,25)21-10-4-7-12-5-2-1-3-6-12;1-2-14-19(17,18)10-7-5-3-4-6-8(7)15(12)9(10)11(13)16/h1-3,5-6,8-9,11,21-22H,4,7,10H2,(H2,20,23);3-6,14H,2H2,1H3,(H2,13,16). The third-order valence-electron chi connectivity index (χ3n) is 6.61. The van der Waals surface area contributed by atoms with Gasteiger partial charge in [0.1, 0.15) is 21.2 Å². The van der Waals surface area contributed by atoms with Gasteiger partial charge in [0.15, 0.2) is 0 Å². The molecule has 0 saturated heterocycles. The molecule has 0 aliphatic rings. The maximum absolute atomic E-state index is 12.8. The molecule has 2 heterocycles. The number of nitrogens with zero attached hydrogens (tertiary/aromatic N) is 1. The SMILES string of the molecule is CCNS(=O)(=O)c1c(C(N)=O)n(Cl)c2ccccc12.NC(=O)c1[nH]c2ccc(Cl)cc2c1S(=O)(=O)NCCCc1ccccc1. The van der Waals surface area contributed by atoms with Crippen molar-refractivity contribution < 1.29 is 26.4 Å². The number of amides is 2. The molecule has 0 spiro atoms. The van der Waals surface area contributed by atoms with Crippen molar-refractivity contribution in [3.8, 4) is 0 Å². The van der Waals surface area contributed by atoms with Gasteiger partial charge in [0.2, 0.25) is 20.0 Å². The highest BCUT2D eigenvalue weighted by atomic mass is 35.5. The predicted octanol–water partition coefficient (Wildman–Crippen LogP) is 3.87. The number of carbonyl (C=O) groups excluding carboxylic acids is 2. The van der Waals surface area contributed by atoms with Crippen LogP contribution in [-0.2, 0) is 26.5 Å². The number of hydrogen-bond donors (Lipinski definition) is 5. The van der Waals surface area contributed by atoms with Crippen molar-refractivity contribution in [3.05, 3.63) is 94.8 Å². The van der Waals surface area contributed by atoms with Crippen molar-refractivity contribution in [1.82, 2.24) is 18.5 Å². The number of aryl methyl sites for hydroxylation is 1. The minimum absolute atomic E-state index is 0.155. The van der Waals surface area contributed by atoms with Crippen LogP contribution >= 0.6 is 23.4 Å². The minimum Gasteiger partial charge on any atom is -0.364 e. The van der Waals surface area contributed by atoms with Gasteiger partial charge in [0.25, 0.3) is 11.8 Å². The minimum atomic E-state index is -3.93. The van der Waals surface area contributed by atoms with Crippen LogP contribution in [0.1, 0.15) is 39.9 Å². The number of hydrogen-bond acceptors (Lipinski definition) is 6. The lowest BCUT2D eigenvalue weighted by molar-refractivity contribution is 0.0984. The average molecular weight is 694 g/mol. The largest absolute Gasteiger partial charge is 0.364 e. The van der Waals surface area contributed by atoms with E-state index < -0.39 is 31.9 Å². The zero-order valence-electron chi connectivity index (χ0n) is 23.9. The molecule has 45 heavy (non-hydrogen) atoms. The van der Waals surface area contributed by atoms with Crippen molar-refractivity contribution in [2.24, 2.45) is 11.5 Å². The van der Waals surface area contributed by atoms with E-state index in [1.54, 1.807) is 43.3 Å². The summed E-state index contributed by atoms with van der Waals surface area (Å²) in [6, 6.07) is 21.0. The average Bonchev–Trinajstić information content (AvgIpc) is 3.53. The second-order valence-corrected chi connectivity index (χ2v) is 13.9. The number of primary amides is 2. The fraction of sp³-hybridized carbons (Fsp3) is 0.172. The Morgan fingerprint density at radius 3 is 2.13 bits per heavy atom. The summed E-state index contributed by atoms with van der Waals surface area (Å²) in [6.45, 7) is 2.08. The molecule has 3 aromatic carbocycles. The second-order valence-electron chi connectivity index (χ2n) is 9.71. The molecule has 12 nitrogen and oxygen atoms in total. The quantitative estimate of drug-likeness (QED) is 0.130. The number of nitrogens with one attached hydrogen (secondary N) is 3. The number of fused-ring (bicyclic) bond motifs is 2. The molecule has 5 aromatic rings. The number of carbonyl (C=O) groups is 2. The molecule has 0 bridgehead atoms. The Hall–Kier alpha value is -3.92. The Kier molecular flexibility index (Phi) is 10.6. The third-order valence-corrected chi connectivity index (χ3v) is 10.4. The molecule has 2 amide bonds. The van der Waals surface area contributed by atoms with Crippen molar-refractivity contribution >= 4 is 77.0 Å². The van der Waals surface area contributed by atoms with Gasteiger partial charge in [0, 0.05) is 46.2 Å². The summed E-state index contributed by atoms with van der Waals surface area (Å²) in [5.74, 6) is -1.75. The van der Waals surface area contributed by atoms with E-state index in [-0.39, 0.29) is 34.3 Å². The topological polar surface area (TPSA) is 199 Å². The molecule has 7 N–H and O–H groups in total. The lowest BCUT2D eigenvalue weighted by atomic mass is 10.1. The molecule has 2 aromatic heterocycles. The Morgan fingerprint density at radius 2 is 1.49 bits per heavy atom. The lowest BCUT2D eigenvalue weighted by Gasteiger charge is -2.08. The monoisotopic (exact) mass is 692 g/mol. The van der Waals surface area contributed by atoms with E-state index in [1.165, 1.54) is 6.07 Å². The highest BCUT2D eigenvalue weighted by Gasteiger charge is 2.29. The maximum Gasteiger partial charge on any atom is 0.268 e. The molecule has 0 aliphatic carbocycles. The summed E-state index contributed by atoms with van der Waals surface area (Å²) in [6.07, 6.45) is 1.37. The van der Waals surface area contributed by atoms with Crippen molar-refractivity contribution in [2.45, 2.75) is 29.6 Å². The van der Waals surface area contributed by atoms with Crippen molar-refractivity contribution in [3.63, 3.8) is 0 Å². The molecular weight excluding hydrogens is 663 g/mol. The van der Waals surface area contributed by atoms with E-state index in [0.717, 1.165) is 16.1 Å². The van der Waals surface area contributed by atoms with Crippen LogP contribution in [0, 0.1) is 0 Å². The van der Waals surface area contributed by atoms with Crippen LogP contribution in [-0.4, -0.2) is 50.8 Å². The number of halogens is 2. The fourth-order valence-corrected chi connectivity index (χ4v) is 8.13. The molecule has 5 rings (SSSR count). The number of para-hydroxylation sites is 1. The van der Waals surface area contributed by atoms with Crippen LogP contribution in [0.25, 0.3) is 21.8 Å². The first-order chi connectivity index (χ1) is 21.3. The number of sulfonamides is 2. The Labute approximate surface area is 269 Å². The smallest absolute Gasteiger partial charge is 0.268 e. The van der Waals surface area contributed by atoms with Crippen LogP contribution in [0.4, 0.5) is 0 Å². The van der Waals surface area contributed by atoms with Crippen LogP contribution in [0.2, 0.25) is 5.02 Å². The van der Waals surface area contributed by atoms with E-state index >= 15 is 0 Å². The zero-order valence-corrected chi connectivity index (χ0v) is 27.0. The van der Waals surface area contributed by atoms with E-state index in [9.17, 15) is 26.4 Å². The third kappa shape index (κ3) is 7.49. The van der Waals surface area contributed by atoms with Crippen LogP contribution < -0.4 is 20.9 Å². The number of H-pyrrole nitrogens is 1. The summed E-state index contributed by atoms with van der Waals surface area (Å²) in [7, 11) is -7.78. The van der Waals surface area contributed by atoms with Crippen molar-refractivity contribution in [2.75, 3.05) is 13.1 Å². The molecule has 238 valence electrons. The number of rotatable bonds is 11. The van der Waals surface area contributed by atoms with Gasteiger partial charge in [-0.15, -0.1) is 0 Å². The van der Waals surface area contributed by atoms with Gasteiger partial charge in [-0.3, -0.25) is 9.59 Å². The van der Waals surface area contributed by atoms with Gasteiger partial charge >= 0.3 is 0 Å². The number of aromatic nitrogens is 2. The maximum atomic E-state index is 12.8. The van der Waals surface area contributed by atoms with Crippen molar-refractivity contribution in [1.29, 1.82) is 0 Å². The van der Waals surface area contributed by atoms with Gasteiger partial charge in [-0.2, -0.15) is 0 Å². The molecule has 0 aliphatic heterocycles. The van der Waals surface area contributed by atoms with E-state index in [4.69, 9.17) is 34.8 Å².